The minimum Gasteiger partial charge on any atom is -0.367 e. The zero-order valence-corrected chi connectivity index (χ0v) is 14.5. The number of hydrogen-bond acceptors (Lipinski definition) is 5. The minimum absolute atomic E-state index is 0.324. The monoisotopic (exact) mass is 378 g/mol. The van der Waals surface area contributed by atoms with Gasteiger partial charge in [0.05, 0.1) is 11.2 Å². The van der Waals surface area contributed by atoms with E-state index in [0.717, 1.165) is 60.4 Å². The average molecular weight is 378 g/mol. The third-order valence-electron chi connectivity index (χ3n) is 4.43. The van der Waals surface area contributed by atoms with Crippen LogP contribution in [0.5, 0.6) is 0 Å². The molecule has 1 aliphatic heterocycles. The molecule has 2 heterocycles. The Hall–Kier alpha value is -2.52. The van der Waals surface area contributed by atoms with Gasteiger partial charge in [0.15, 0.2) is 11.6 Å². The molecular weight excluding hydrogens is 362 g/mol. The van der Waals surface area contributed by atoms with Gasteiger partial charge >= 0.3 is 0 Å². The first-order valence-corrected chi connectivity index (χ1v) is 9.55. The molecule has 1 aromatic heterocycles. The number of benzene rings is 2. The standard InChI is InChI=1S/C17H16F2N4O2S/c18-12-3-1-6-15(16(12)19)26(24,25)23-11-21-17-13(4-2-5-14(17)23)22-9-7-20-8-10-22/h1-6,11,20H,7-10H2. The van der Waals surface area contributed by atoms with Crippen molar-refractivity contribution in [3.63, 3.8) is 0 Å². The molecule has 0 spiro atoms. The Morgan fingerprint density at radius 3 is 2.54 bits per heavy atom. The Morgan fingerprint density at radius 2 is 1.77 bits per heavy atom. The molecule has 0 atom stereocenters. The highest BCUT2D eigenvalue weighted by molar-refractivity contribution is 7.90. The first-order valence-electron chi connectivity index (χ1n) is 8.11. The van der Waals surface area contributed by atoms with E-state index in [-0.39, 0.29) is 0 Å². The summed E-state index contributed by atoms with van der Waals surface area (Å²) in [4.78, 5) is 5.64. The van der Waals surface area contributed by atoms with Crippen molar-refractivity contribution >= 4 is 26.7 Å². The summed E-state index contributed by atoms with van der Waals surface area (Å²) < 4.78 is 54.2. The number of piperazine rings is 1. The van der Waals surface area contributed by atoms with Crippen LogP contribution in [0.4, 0.5) is 14.5 Å². The average Bonchev–Trinajstić information content (AvgIpc) is 3.09. The molecule has 1 saturated heterocycles. The molecule has 0 radical (unpaired) electrons. The number of para-hydroxylation sites is 1. The molecule has 3 aromatic rings. The van der Waals surface area contributed by atoms with Crippen LogP contribution < -0.4 is 10.2 Å². The number of imidazole rings is 1. The SMILES string of the molecule is O=S(=O)(c1cccc(F)c1F)n1cnc2c(N3CCNCC3)cccc21. The normalized spacial score (nSPS) is 15.5. The quantitative estimate of drug-likeness (QED) is 0.755. The van der Waals surface area contributed by atoms with Crippen LogP contribution in [-0.2, 0) is 10.0 Å². The summed E-state index contributed by atoms with van der Waals surface area (Å²) in [5, 5.41) is 3.25. The minimum atomic E-state index is -4.31. The van der Waals surface area contributed by atoms with Crippen molar-refractivity contribution in [2.75, 3.05) is 31.1 Å². The van der Waals surface area contributed by atoms with E-state index in [2.05, 4.69) is 15.2 Å². The second-order valence-electron chi connectivity index (χ2n) is 5.98. The smallest absolute Gasteiger partial charge is 0.272 e. The molecule has 2 aromatic carbocycles. The molecule has 0 aliphatic carbocycles. The van der Waals surface area contributed by atoms with Crippen molar-refractivity contribution in [1.82, 2.24) is 14.3 Å². The van der Waals surface area contributed by atoms with Crippen molar-refractivity contribution in [3.8, 4) is 0 Å². The van der Waals surface area contributed by atoms with E-state index in [9.17, 15) is 17.2 Å². The number of fused-ring (bicyclic) bond motifs is 1. The number of aromatic nitrogens is 2. The van der Waals surface area contributed by atoms with Crippen molar-refractivity contribution < 1.29 is 17.2 Å². The first-order chi connectivity index (χ1) is 12.5. The Kier molecular flexibility index (Phi) is 4.12. The topological polar surface area (TPSA) is 67.2 Å². The van der Waals surface area contributed by atoms with E-state index >= 15 is 0 Å². The molecule has 4 rings (SSSR count). The van der Waals surface area contributed by atoms with Crippen molar-refractivity contribution in [1.29, 1.82) is 0 Å². The fourth-order valence-corrected chi connectivity index (χ4v) is 4.51. The van der Waals surface area contributed by atoms with Crippen LogP contribution in [0.2, 0.25) is 0 Å². The van der Waals surface area contributed by atoms with Gasteiger partial charge in [-0.15, -0.1) is 0 Å². The second-order valence-corrected chi connectivity index (χ2v) is 7.76. The maximum atomic E-state index is 14.1. The number of hydrogen-bond donors (Lipinski definition) is 1. The summed E-state index contributed by atoms with van der Waals surface area (Å²) in [5.74, 6) is -2.61. The largest absolute Gasteiger partial charge is 0.367 e. The molecule has 6 nitrogen and oxygen atoms in total. The Morgan fingerprint density at radius 1 is 1.04 bits per heavy atom. The Labute approximate surface area is 149 Å². The van der Waals surface area contributed by atoms with Gasteiger partial charge < -0.3 is 10.2 Å². The van der Waals surface area contributed by atoms with Crippen molar-refractivity contribution in [3.05, 3.63) is 54.4 Å². The molecule has 0 amide bonds. The maximum absolute atomic E-state index is 14.1. The summed E-state index contributed by atoms with van der Waals surface area (Å²) >= 11 is 0. The van der Waals surface area contributed by atoms with Gasteiger partial charge in [-0.3, -0.25) is 0 Å². The van der Waals surface area contributed by atoms with Gasteiger partial charge in [0.25, 0.3) is 10.0 Å². The van der Waals surface area contributed by atoms with Crippen LogP contribution in [0.1, 0.15) is 0 Å². The molecule has 1 fully saturated rings. The Balaban J connectivity index is 1.86. The maximum Gasteiger partial charge on any atom is 0.272 e. The lowest BCUT2D eigenvalue weighted by Crippen LogP contribution is -2.43. The molecule has 26 heavy (non-hydrogen) atoms. The molecule has 1 N–H and O–H groups in total. The highest BCUT2D eigenvalue weighted by Crippen LogP contribution is 2.29. The van der Waals surface area contributed by atoms with Gasteiger partial charge in [-0.25, -0.2) is 26.2 Å². The summed E-state index contributed by atoms with van der Waals surface area (Å²) in [5.41, 5.74) is 1.65. The zero-order valence-electron chi connectivity index (χ0n) is 13.7. The van der Waals surface area contributed by atoms with Crippen LogP contribution >= 0.6 is 0 Å². The van der Waals surface area contributed by atoms with Gasteiger partial charge in [0.1, 0.15) is 16.7 Å². The van der Waals surface area contributed by atoms with Gasteiger partial charge in [-0.2, -0.15) is 0 Å². The van der Waals surface area contributed by atoms with Crippen LogP contribution in [0.25, 0.3) is 11.0 Å². The van der Waals surface area contributed by atoms with Gasteiger partial charge in [0.2, 0.25) is 0 Å². The van der Waals surface area contributed by atoms with E-state index in [0.29, 0.717) is 11.0 Å². The molecule has 1 aliphatic rings. The second kappa shape index (κ2) is 6.33. The number of rotatable bonds is 3. The van der Waals surface area contributed by atoms with Gasteiger partial charge in [-0.05, 0) is 24.3 Å². The van der Waals surface area contributed by atoms with Crippen LogP contribution in [0, 0.1) is 11.6 Å². The molecule has 9 heteroatoms. The third-order valence-corrected chi connectivity index (χ3v) is 6.11. The summed E-state index contributed by atoms with van der Waals surface area (Å²) in [6, 6.07) is 8.29. The highest BCUT2D eigenvalue weighted by atomic mass is 32.2. The predicted octanol–water partition coefficient (Wildman–Crippen LogP) is 1.96. The lowest BCUT2D eigenvalue weighted by atomic mass is 10.2. The molecule has 0 bridgehead atoms. The van der Waals surface area contributed by atoms with E-state index in [4.69, 9.17) is 0 Å². The van der Waals surface area contributed by atoms with Crippen LogP contribution in [0.15, 0.2) is 47.6 Å². The van der Waals surface area contributed by atoms with E-state index in [1.807, 2.05) is 6.07 Å². The fraction of sp³-hybridized carbons (Fsp3) is 0.235. The summed E-state index contributed by atoms with van der Waals surface area (Å²) in [6.45, 7) is 3.20. The van der Waals surface area contributed by atoms with Gasteiger partial charge in [-0.1, -0.05) is 12.1 Å². The molecule has 0 unspecified atom stereocenters. The summed E-state index contributed by atoms with van der Waals surface area (Å²) in [7, 11) is -4.31. The van der Waals surface area contributed by atoms with Crippen LogP contribution in [-0.4, -0.2) is 43.6 Å². The number of halogens is 2. The van der Waals surface area contributed by atoms with Crippen molar-refractivity contribution in [2.24, 2.45) is 0 Å². The predicted molar refractivity (Wildman–Crippen MR) is 93.8 cm³/mol. The molecule has 0 saturated carbocycles. The van der Waals surface area contributed by atoms with Crippen LogP contribution in [0.3, 0.4) is 0 Å². The number of nitrogens with zero attached hydrogens (tertiary/aromatic N) is 3. The van der Waals surface area contributed by atoms with E-state index in [1.165, 1.54) is 0 Å². The zero-order chi connectivity index (χ0) is 18.3. The molecular formula is C17H16F2N4O2S. The lowest BCUT2D eigenvalue weighted by molar-refractivity contribution is 0.484. The first kappa shape index (κ1) is 16.9. The number of anilines is 1. The third kappa shape index (κ3) is 2.63. The van der Waals surface area contributed by atoms with Crippen molar-refractivity contribution in [2.45, 2.75) is 4.90 Å². The van der Waals surface area contributed by atoms with E-state index in [1.54, 1.807) is 12.1 Å². The highest BCUT2D eigenvalue weighted by Gasteiger charge is 2.26. The molecule has 136 valence electrons. The van der Waals surface area contributed by atoms with Gasteiger partial charge in [0, 0.05) is 26.2 Å². The van der Waals surface area contributed by atoms with E-state index < -0.39 is 26.6 Å². The summed E-state index contributed by atoms with van der Waals surface area (Å²) in [6.07, 6.45) is 1.13. The Bertz CT molecular complexity index is 1080. The fourth-order valence-electron chi connectivity index (χ4n) is 3.14. The number of nitrogens with one attached hydrogen (secondary N) is 1. The lowest BCUT2D eigenvalue weighted by Gasteiger charge is -2.29.